The minimum atomic E-state index is -0.182. The predicted molar refractivity (Wildman–Crippen MR) is 81.2 cm³/mol. The number of halogens is 1. The Kier molecular flexibility index (Phi) is 4.50. The highest BCUT2D eigenvalue weighted by atomic mass is 32.2. The molecule has 1 aromatic carbocycles. The fraction of sp³-hybridized carbons (Fsp3) is 0.533. The van der Waals surface area contributed by atoms with Crippen LogP contribution in [0.2, 0.25) is 0 Å². The quantitative estimate of drug-likeness (QED) is 0.900. The van der Waals surface area contributed by atoms with Crippen molar-refractivity contribution in [2.24, 2.45) is 4.99 Å². The van der Waals surface area contributed by atoms with Gasteiger partial charge in [-0.25, -0.2) is 4.39 Å². The van der Waals surface area contributed by atoms with Crippen molar-refractivity contribution in [3.63, 3.8) is 0 Å². The van der Waals surface area contributed by atoms with E-state index in [1.165, 1.54) is 6.07 Å². The molecule has 1 saturated heterocycles. The van der Waals surface area contributed by atoms with E-state index >= 15 is 0 Å². The summed E-state index contributed by atoms with van der Waals surface area (Å²) in [5.74, 6) is 0.888. The van der Waals surface area contributed by atoms with Crippen LogP contribution in [0.15, 0.2) is 29.3 Å². The average molecular weight is 280 g/mol. The Morgan fingerprint density at radius 1 is 1.47 bits per heavy atom. The van der Waals surface area contributed by atoms with Gasteiger partial charge in [0.2, 0.25) is 0 Å². The number of hydrogen-bond donors (Lipinski definition) is 1. The number of aliphatic imine (C=N–C) groups is 1. The summed E-state index contributed by atoms with van der Waals surface area (Å²) >= 11 is 1.73. The molecule has 1 heterocycles. The van der Waals surface area contributed by atoms with Crippen molar-refractivity contribution in [3.8, 4) is 0 Å². The molecule has 19 heavy (non-hydrogen) atoms. The topological polar surface area (TPSA) is 24.4 Å². The summed E-state index contributed by atoms with van der Waals surface area (Å²) < 4.78 is 13.7. The van der Waals surface area contributed by atoms with Gasteiger partial charge in [-0.05, 0) is 32.8 Å². The molecule has 2 nitrogen and oxygen atoms in total. The van der Waals surface area contributed by atoms with Crippen LogP contribution < -0.4 is 5.32 Å². The summed E-state index contributed by atoms with van der Waals surface area (Å²) in [4.78, 5) is 4.64. The second-order valence-corrected chi connectivity index (χ2v) is 6.35. The van der Waals surface area contributed by atoms with Gasteiger partial charge in [0.15, 0.2) is 5.17 Å². The minimum Gasteiger partial charge on any atom is -0.360 e. The van der Waals surface area contributed by atoms with E-state index in [4.69, 9.17) is 0 Å². The van der Waals surface area contributed by atoms with Crippen LogP contribution in [-0.4, -0.2) is 16.5 Å². The number of nitrogens with one attached hydrogen (secondary N) is 1. The number of thioether (sulfide) groups is 1. The Hall–Kier alpha value is -1.03. The van der Waals surface area contributed by atoms with Gasteiger partial charge in [0.25, 0.3) is 0 Å². The van der Waals surface area contributed by atoms with Crippen LogP contribution in [0, 0.1) is 5.82 Å². The summed E-state index contributed by atoms with van der Waals surface area (Å²) in [6, 6.07) is 6.70. The van der Waals surface area contributed by atoms with Crippen LogP contribution in [0.1, 0.15) is 45.2 Å². The molecular weight excluding hydrogens is 259 g/mol. The largest absolute Gasteiger partial charge is 0.360 e. The Bertz CT molecular complexity index is 475. The average Bonchev–Trinajstić information content (AvgIpc) is 2.39. The Morgan fingerprint density at radius 3 is 2.89 bits per heavy atom. The standard InChI is InChI=1S/C15H21FN2S/c1-4-15(3)9-10-19-14(18-15)17-11(2)12-7-5-6-8-13(12)16/h5-8,11H,4,9-10H2,1-3H3,(H,17,18). The normalized spacial score (nSPS) is 27.1. The summed E-state index contributed by atoms with van der Waals surface area (Å²) in [6.45, 7) is 6.34. The van der Waals surface area contributed by atoms with Crippen molar-refractivity contribution >= 4 is 16.9 Å². The van der Waals surface area contributed by atoms with Crippen LogP contribution in [0.5, 0.6) is 0 Å². The van der Waals surface area contributed by atoms with Gasteiger partial charge in [0.05, 0.1) is 6.04 Å². The molecule has 0 bridgehead atoms. The van der Waals surface area contributed by atoms with E-state index in [1.54, 1.807) is 23.9 Å². The zero-order valence-electron chi connectivity index (χ0n) is 11.7. The first-order valence-corrected chi connectivity index (χ1v) is 7.76. The molecule has 1 N–H and O–H groups in total. The van der Waals surface area contributed by atoms with E-state index in [9.17, 15) is 4.39 Å². The summed E-state index contributed by atoms with van der Waals surface area (Å²) in [6.07, 6.45) is 2.21. The first-order valence-electron chi connectivity index (χ1n) is 6.77. The Morgan fingerprint density at radius 2 is 2.21 bits per heavy atom. The van der Waals surface area contributed by atoms with E-state index in [1.807, 2.05) is 13.0 Å². The molecular formula is C15H21FN2S. The highest BCUT2D eigenvalue weighted by molar-refractivity contribution is 8.13. The number of amidine groups is 1. The Labute approximate surface area is 118 Å². The summed E-state index contributed by atoms with van der Waals surface area (Å²) in [5.41, 5.74) is 0.778. The van der Waals surface area contributed by atoms with Gasteiger partial charge in [-0.2, -0.15) is 0 Å². The smallest absolute Gasteiger partial charge is 0.157 e. The van der Waals surface area contributed by atoms with E-state index in [0.29, 0.717) is 5.56 Å². The molecule has 4 heteroatoms. The Balaban J connectivity index is 2.15. The summed E-state index contributed by atoms with van der Waals surface area (Å²) in [5, 5.41) is 4.43. The van der Waals surface area contributed by atoms with E-state index in [-0.39, 0.29) is 17.4 Å². The van der Waals surface area contributed by atoms with Gasteiger partial charge in [-0.15, -0.1) is 0 Å². The highest BCUT2D eigenvalue weighted by Gasteiger charge is 2.27. The maximum Gasteiger partial charge on any atom is 0.157 e. The lowest BCUT2D eigenvalue weighted by molar-refractivity contribution is 0.389. The van der Waals surface area contributed by atoms with E-state index in [2.05, 4.69) is 24.2 Å². The number of nitrogens with zero attached hydrogens (tertiary/aromatic N) is 1. The second-order valence-electron chi connectivity index (χ2n) is 5.27. The van der Waals surface area contributed by atoms with Crippen molar-refractivity contribution in [1.82, 2.24) is 5.32 Å². The molecule has 2 unspecified atom stereocenters. The minimum absolute atomic E-state index is 0.124. The molecule has 0 saturated carbocycles. The molecule has 1 aliphatic rings. The number of benzene rings is 1. The first-order chi connectivity index (χ1) is 9.04. The zero-order valence-corrected chi connectivity index (χ0v) is 12.6. The maximum atomic E-state index is 13.7. The predicted octanol–water partition coefficient (Wildman–Crippen LogP) is 4.14. The van der Waals surface area contributed by atoms with Crippen LogP contribution in [0.4, 0.5) is 4.39 Å². The highest BCUT2D eigenvalue weighted by Crippen LogP contribution is 2.27. The van der Waals surface area contributed by atoms with Gasteiger partial charge >= 0.3 is 0 Å². The van der Waals surface area contributed by atoms with Crippen LogP contribution >= 0.6 is 11.8 Å². The van der Waals surface area contributed by atoms with Crippen LogP contribution in [0.25, 0.3) is 0 Å². The van der Waals surface area contributed by atoms with Crippen molar-refractivity contribution in [1.29, 1.82) is 0 Å². The van der Waals surface area contributed by atoms with E-state index in [0.717, 1.165) is 23.8 Å². The molecule has 104 valence electrons. The third kappa shape index (κ3) is 3.50. The molecule has 0 aromatic heterocycles. The number of rotatable bonds is 3. The molecule has 1 aromatic rings. The number of hydrogen-bond acceptors (Lipinski definition) is 2. The molecule has 2 atom stereocenters. The van der Waals surface area contributed by atoms with Gasteiger partial charge in [0, 0.05) is 16.9 Å². The van der Waals surface area contributed by atoms with Gasteiger partial charge < -0.3 is 5.32 Å². The van der Waals surface area contributed by atoms with E-state index < -0.39 is 0 Å². The lowest BCUT2D eigenvalue weighted by atomic mass is 9.96. The molecule has 0 aliphatic carbocycles. The van der Waals surface area contributed by atoms with Crippen molar-refractivity contribution in [2.75, 3.05) is 5.75 Å². The summed E-state index contributed by atoms with van der Waals surface area (Å²) in [7, 11) is 0. The molecule has 1 aliphatic heterocycles. The second kappa shape index (κ2) is 5.95. The molecule has 0 spiro atoms. The molecule has 0 amide bonds. The maximum absolute atomic E-state index is 13.7. The monoisotopic (exact) mass is 280 g/mol. The fourth-order valence-electron chi connectivity index (χ4n) is 2.12. The van der Waals surface area contributed by atoms with Gasteiger partial charge in [-0.3, -0.25) is 4.99 Å². The van der Waals surface area contributed by atoms with Crippen LogP contribution in [0.3, 0.4) is 0 Å². The van der Waals surface area contributed by atoms with Crippen molar-refractivity contribution < 1.29 is 4.39 Å². The van der Waals surface area contributed by atoms with Crippen molar-refractivity contribution in [2.45, 2.75) is 45.2 Å². The van der Waals surface area contributed by atoms with Crippen molar-refractivity contribution in [3.05, 3.63) is 35.6 Å². The molecule has 0 radical (unpaired) electrons. The lowest BCUT2D eigenvalue weighted by Crippen LogP contribution is -2.48. The van der Waals surface area contributed by atoms with Crippen LogP contribution in [-0.2, 0) is 0 Å². The third-order valence-electron chi connectivity index (χ3n) is 3.75. The first kappa shape index (κ1) is 14.4. The zero-order chi connectivity index (χ0) is 13.9. The fourth-order valence-corrected chi connectivity index (χ4v) is 3.42. The third-order valence-corrected chi connectivity index (χ3v) is 4.64. The van der Waals surface area contributed by atoms with Gasteiger partial charge in [0.1, 0.15) is 5.82 Å². The van der Waals surface area contributed by atoms with Gasteiger partial charge in [-0.1, -0.05) is 36.9 Å². The molecule has 1 fully saturated rings. The molecule has 2 rings (SSSR count). The SMILES string of the molecule is CCC1(C)CCSC(=NC(C)c2ccccc2F)N1. The lowest BCUT2D eigenvalue weighted by Gasteiger charge is -2.35.